The Labute approximate surface area is 211 Å². The van der Waals surface area contributed by atoms with E-state index >= 15 is 0 Å². The van der Waals surface area contributed by atoms with Gasteiger partial charge in [-0.15, -0.1) is 0 Å². The molecule has 0 aromatic heterocycles. The monoisotopic (exact) mass is 504 g/mol. The Balaban J connectivity index is 1.32. The minimum absolute atomic E-state index is 0.0479. The Morgan fingerprint density at radius 1 is 0.833 bits per heavy atom. The lowest BCUT2D eigenvalue weighted by Gasteiger charge is -2.40. The average molecular weight is 505 g/mol. The lowest BCUT2D eigenvalue weighted by atomic mass is 9.84. The fraction of sp³-hybridized carbons (Fsp3) is 0.286. The number of hydrogen-bond acceptors (Lipinski definition) is 5. The fourth-order valence-corrected chi connectivity index (χ4v) is 6.62. The molecule has 1 amide bonds. The molecule has 2 heterocycles. The first-order chi connectivity index (χ1) is 17.3. The van der Waals surface area contributed by atoms with Crippen LogP contribution in [0.15, 0.2) is 89.8 Å². The number of ketones is 1. The second-order valence-corrected chi connectivity index (χ2v) is 11.3. The van der Waals surface area contributed by atoms with Gasteiger partial charge in [0.1, 0.15) is 11.8 Å². The first kappa shape index (κ1) is 24.4. The van der Waals surface area contributed by atoms with Crippen LogP contribution < -0.4 is 0 Å². The topological polar surface area (TPSA) is 95.0 Å². The minimum Gasteiger partial charge on any atom is -0.385 e. The summed E-state index contributed by atoms with van der Waals surface area (Å²) in [4.78, 5) is 27.4. The highest BCUT2D eigenvalue weighted by Gasteiger charge is 2.46. The largest absolute Gasteiger partial charge is 0.385 e. The molecule has 2 aliphatic rings. The van der Waals surface area contributed by atoms with Crippen molar-refractivity contribution in [3.8, 4) is 11.1 Å². The third kappa shape index (κ3) is 4.59. The summed E-state index contributed by atoms with van der Waals surface area (Å²) in [5.41, 5.74) is 1.61. The van der Waals surface area contributed by atoms with Gasteiger partial charge in [-0.05, 0) is 41.7 Å². The van der Waals surface area contributed by atoms with E-state index in [4.69, 9.17) is 0 Å². The summed E-state index contributed by atoms with van der Waals surface area (Å²) in [5, 5.41) is 11.1. The summed E-state index contributed by atoms with van der Waals surface area (Å²) < 4.78 is 28.0. The standard InChI is InChI=1S/C28H28N2O5S/c31-24-19-26(27(32)29-17-15-28(33,16-18-29)23-9-5-2-6-10-23)30(20-24)36(34,35)25-13-11-22(12-14-25)21-7-3-1-4-8-21/h1-14,26,33H,15-20H2/t26-/m0/s1. The lowest BCUT2D eigenvalue weighted by Crippen LogP contribution is -2.52. The van der Waals surface area contributed by atoms with Gasteiger partial charge in [0.25, 0.3) is 0 Å². The van der Waals surface area contributed by atoms with Crippen molar-refractivity contribution in [1.82, 2.24) is 9.21 Å². The van der Waals surface area contributed by atoms with E-state index in [0.717, 1.165) is 21.0 Å². The van der Waals surface area contributed by atoms with Crippen LogP contribution in [0.4, 0.5) is 0 Å². The molecule has 0 radical (unpaired) electrons. The van der Waals surface area contributed by atoms with Crippen LogP contribution in [0.5, 0.6) is 0 Å². The van der Waals surface area contributed by atoms with Crippen molar-refractivity contribution < 1.29 is 23.1 Å². The Morgan fingerprint density at radius 3 is 2.00 bits per heavy atom. The summed E-state index contributed by atoms with van der Waals surface area (Å²) >= 11 is 0. The molecule has 2 aliphatic heterocycles. The van der Waals surface area contributed by atoms with Crippen molar-refractivity contribution in [1.29, 1.82) is 0 Å². The molecule has 8 heteroatoms. The molecule has 2 saturated heterocycles. The van der Waals surface area contributed by atoms with Crippen molar-refractivity contribution in [2.75, 3.05) is 19.6 Å². The molecule has 0 saturated carbocycles. The molecule has 0 unspecified atom stereocenters. The summed E-state index contributed by atoms with van der Waals surface area (Å²) in [6, 6.07) is 24.4. The molecule has 0 aliphatic carbocycles. The highest BCUT2D eigenvalue weighted by molar-refractivity contribution is 7.89. The number of hydrogen-bond donors (Lipinski definition) is 1. The summed E-state index contributed by atoms with van der Waals surface area (Å²) in [7, 11) is -4.05. The van der Waals surface area contributed by atoms with Crippen LogP contribution in [0, 0.1) is 0 Å². The van der Waals surface area contributed by atoms with Crippen molar-refractivity contribution in [3.63, 3.8) is 0 Å². The van der Waals surface area contributed by atoms with Crippen molar-refractivity contribution in [3.05, 3.63) is 90.5 Å². The van der Waals surface area contributed by atoms with E-state index in [9.17, 15) is 23.1 Å². The van der Waals surface area contributed by atoms with Crippen LogP contribution in [-0.2, 0) is 25.2 Å². The molecule has 2 fully saturated rings. The van der Waals surface area contributed by atoms with E-state index in [2.05, 4.69) is 0 Å². The number of carbonyl (C=O) groups excluding carboxylic acids is 2. The van der Waals surface area contributed by atoms with Crippen LogP contribution in [0.25, 0.3) is 11.1 Å². The first-order valence-electron chi connectivity index (χ1n) is 12.0. The van der Waals surface area contributed by atoms with Gasteiger partial charge in [-0.3, -0.25) is 9.59 Å². The quantitative estimate of drug-likeness (QED) is 0.576. The van der Waals surface area contributed by atoms with Gasteiger partial charge in [-0.25, -0.2) is 8.42 Å². The van der Waals surface area contributed by atoms with Gasteiger partial charge < -0.3 is 10.0 Å². The summed E-state index contributed by atoms with van der Waals surface area (Å²) in [5.74, 6) is -0.670. The normalized spacial score (nSPS) is 20.4. The molecule has 1 N–H and O–H groups in total. The number of amides is 1. The molecule has 1 atom stereocenters. The highest BCUT2D eigenvalue weighted by Crippen LogP contribution is 2.34. The Kier molecular flexibility index (Phi) is 6.51. The fourth-order valence-electron chi connectivity index (χ4n) is 5.06. The summed E-state index contributed by atoms with van der Waals surface area (Å²) in [6.45, 7) is 0.254. The van der Waals surface area contributed by atoms with Gasteiger partial charge in [-0.1, -0.05) is 72.8 Å². The number of likely N-dealkylation sites (tertiary alicyclic amines) is 1. The molecular formula is C28H28N2O5S. The number of Topliss-reactive ketones (excluding diaryl/α,β-unsaturated/α-hetero) is 1. The van der Waals surface area contributed by atoms with Crippen molar-refractivity contribution in [2.24, 2.45) is 0 Å². The van der Waals surface area contributed by atoms with Crippen LogP contribution >= 0.6 is 0 Å². The van der Waals surface area contributed by atoms with Crippen LogP contribution in [0.3, 0.4) is 0 Å². The third-order valence-corrected chi connectivity index (χ3v) is 9.04. The molecule has 7 nitrogen and oxygen atoms in total. The maximum atomic E-state index is 13.5. The first-order valence-corrected chi connectivity index (χ1v) is 13.5. The van der Waals surface area contributed by atoms with Gasteiger partial charge in [-0.2, -0.15) is 4.31 Å². The van der Waals surface area contributed by atoms with E-state index < -0.39 is 21.7 Å². The Morgan fingerprint density at radius 2 is 1.39 bits per heavy atom. The average Bonchev–Trinajstić information content (AvgIpc) is 3.32. The van der Waals surface area contributed by atoms with Gasteiger partial charge in [0, 0.05) is 19.5 Å². The van der Waals surface area contributed by atoms with Gasteiger partial charge in [0.15, 0.2) is 0 Å². The zero-order valence-electron chi connectivity index (χ0n) is 19.8. The predicted molar refractivity (Wildman–Crippen MR) is 135 cm³/mol. The highest BCUT2D eigenvalue weighted by atomic mass is 32.2. The van der Waals surface area contributed by atoms with Gasteiger partial charge >= 0.3 is 0 Å². The second-order valence-electron chi connectivity index (χ2n) is 9.42. The van der Waals surface area contributed by atoms with E-state index in [1.54, 1.807) is 17.0 Å². The maximum Gasteiger partial charge on any atom is 0.244 e. The molecule has 0 bridgehead atoms. The molecule has 3 aromatic rings. The maximum absolute atomic E-state index is 13.5. The lowest BCUT2D eigenvalue weighted by molar-refractivity contribution is -0.139. The van der Waals surface area contributed by atoms with Gasteiger partial charge in [0.2, 0.25) is 15.9 Å². The number of nitrogens with zero attached hydrogens (tertiary/aromatic N) is 2. The van der Waals surface area contributed by atoms with E-state index in [1.807, 2.05) is 60.7 Å². The molecular weight excluding hydrogens is 476 g/mol. The van der Waals surface area contributed by atoms with Crippen LogP contribution in [0.1, 0.15) is 24.8 Å². The number of piperidine rings is 1. The number of sulfonamides is 1. The zero-order chi connectivity index (χ0) is 25.3. The predicted octanol–water partition coefficient (Wildman–Crippen LogP) is 3.20. The molecule has 186 valence electrons. The van der Waals surface area contributed by atoms with Gasteiger partial charge in [0.05, 0.1) is 17.0 Å². The molecule has 5 rings (SSSR count). The number of benzene rings is 3. The second kappa shape index (κ2) is 9.61. The van der Waals surface area contributed by atoms with Crippen molar-refractivity contribution >= 4 is 21.7 Å². The minimum atomic E-state index is -4.05. The SMILES string of the molecule is O=C1C[C@@H](C(=O)N2CCC(O)(c3ccccc3)CC2)N(S(=O)(=O)c2ccc(-c3ccccc3)cc2)C1. The Hall–Kier alpha value is -3.33. The number of aliphatic hydroxyl groups is 1. The molecule has 0 spiro atoms. The zero-order valence-corrected chi connectivity index (χ0v) is 20.6. The molecule has 3 aromatic carbocycles. The van der Waals surface area contributed by atoms with Crippen LogP contribution in [-0.4, -0.2) is 60.1 Å². The Bertz CT molecular complexity index is 1350. The molecule has 36 heavy (non-hydrogen) atoms. The third-order valence-electron chi connectivity index (χ3n) is 7.17. The van der Waals surface area contributed by atoms with Crippen LogP contribution in [0.2, 0.25) is 0 Å². The number of rotatable bonds is 5. The number of carbonyl (C=O) groups is 2. The smallest absolute Gasteiger partial charge is 0.244 e. The van der Waals surface area contributed by atoms with Crippen molar-refractivity contribution in [2.45, 2.75) is 35.8 Å². The summed E-state index contributed by atoms with van der Waals surface area (Å²) in [6.07, 6.45) is 0.549. The van der Waals surface area contributed by atoms with E-state index in [0.29, 0.717) is 12.8 Å². The van der Waals surface area contributed by atoms with E-state index in [1.165, 1.54) is 12.1 Å². The van der Waals surface area contributed by atoms with E-state index in [-0.39, 0.29) is 42.6 Å².